The topological polar surface area (TPSA) is 46.3 Å². The van der Waals surface area contributed by atoms with Crippen molar-refractivity contribution in [3.63, 3.8) is 0 Å². The van der Waals surface area contributed by atoms with E-state index in [1.807, 2.05) is 10.3 Å². The number of carbonyl (C=O) groups excluding carboxylic acids is 1. The maximum Gasteiger partial charge on any atom is 0.266 e. The fourth-order valence-electron chi connectivity index (χ4n) is 1.76. The lowest BCUT2D eigenvalue weighted by atomic mass is 10.1. The van der Waals surface area contributed by atoms with Gasteiger partial charge in [-0.2, -0.15) is 0 Å². The Morgan fingerprint density at radius 1 is 1.29 bits per heavy atom. The van der Waals surface area contributed by atoms with Gasteiger partial charge in [0.15, 0.2) is 0 Å². The monoisotopic (exact) mass is 254 g/mol. The molecule has 2 N–H and O–H groups in total. The molecule has 17 heavy (non-hydrogen) atoms. The Morgan fingerprint density at radius 2 is 1.82 bits per heavy atom. The van der Waals surface area contributed by atoms with Crippen molar-refractivity contribution in [2.75, 3.05) is 18.8 Å². The van der Waals surface area contributed by atoms with Gasteiger partial charge in [0.1, 0.15) is 4.88 Å². The molecular weight excluding hydrogens is 232 g/mol. The van der Waals surface area contributed by atoms with E-state index >= 15 is 0 Å². The zero-order chi connectivity index (χ0) is 13.0. The number of rotatable bonds is 5. The highest BCUT2D eigenvalue weighted by molar-refractivity contribution is 7.12. The van der Waals surface area contributed by atoms with Crippen molar-refractivity contribution in [3.05, 3.63) is 16.3 Å². The summed E-state index contributed by atoms with van der Waals surface area (Å²) in [6.07, 6.45) is 0. The molecule has 4 heteroatoms. The molecule has 0 aliphatic carbocycles. The summed E-state index contributed by atoms with van der Waals surface area (Å²) in [5.74, 6) is 1.01. The minimum Gasteiger partial charge on any atom is -0.397 e. The lowest BCUT2D eigenvalue weighted by molar-refractivity contribution is 0.0721. The number of hydrogen-bond acceptors (Lipinski definition) is 3. The minimum absolute atomic E-state index is 0.0694. The molecule has 1 amide bonds. The summed E-state index contributed by atoms with van der Waals surface area (Å²) in [5.41, 5.74) is 6.40. The number of nitrogens with zero attached hydrogens (tertiary/aromatic N) is 1. The van der Waals surface area contributed by atoms with Crippen molar-refractivity contribution >= 4 is 22.9 Å². The summed E-state index contributed by atoms with van der Waals surface area (Å²) in [4.78, 5) is 14.9. The molecule has 1 heterocycles. The zero-order valence-corrected chi connectivity index (χ0v) is 11.9. The van der Waals surface area contributed by atoms with Gasteiger partial charge in [0, 0.05) is 13.1 Å². The van der Waals surface area contributed by atoms with E-state index in [4.69, 9.17) is 5.73 Å². The molecule has 0 spiro atoms. The third-order valence-corrected chi connectivity index (χ3v) is 3.27. The maximum atomic E-state index is 12.4. The average Bonchev–Trinajstić information content (AvgIpc) is 2.61. The van der Waals surface area contributed by atoms with Gasteiger partial charge in [-0.05, 0) is 23.3 Å². The first-order valence-corrected chi connectivity index (χ1v) is 6.92. The lowest BCUT2D eigenvalue weighted by Gasteiger charge is -2.26. The molecule has 96 valence electrons. The Bertz CT molecular complexity index is 361. The van der Waals surface area contributed by atoms with Gasteiger partial charge < -0.3 is 10.6 Å². The Labute approximate surface area is 108 Å². The van der Waals surface area contributed by atoms with Gasteiger partial charge in [-0.25, -0.2) is 0 Å². The number of carbonyl (C=O) groups is 1. The van der Waals surface area contributed by atoms with Crippen LogP contribution in [0.2, 0.25) is 0 Å². The normalized spacial score (nSPS) is 11.2. The second kappa shape index (κ2) is 6.05. The van der Waals surface area contributed by atoms with Crippen LogP contribution in [0.3, 0.4) is 0 Å². The van der Waals surface area contributed by atoms with E-state index in [1.165, 1.54) is 11.3 Å². The van der Waals surface area contributed by atoms with E-state index in [0.717, 1.165) is 13.1 Å². The molecule has 0 saturated heterocycles. The van der Waals surface area contributed by atoms with Crippen LogP contribution in [0.4, 0.5) is 5.69 Å². The van der Waals surface area contributed by atoms with E-state index in [0.29, 0.717) is 22.4 Å². The molecule has 1 rings (SSSR count). The van der Waals surface area contributed by atoms with E-state index in [-0.39, 0.29) is 5.91 Å². The number of nitrogen functional groups attached to an aromatic ring is 1. The predicted molar refractivity (Wildman–Crippen MR) is 74.3 cm³/mol. The molecule has 0 fully saturated rings. The molecular formula is C13H22N2OS. The van der Waals surface area contributed by atoms with E-state index in [9.17, 15) is 4.79 Å². The standard InChI is InChI=1S/C13H22N2OS/c1-9(2)7-15(8-10(3)4)13(16)12-11(14)5-6-17-12/h5-6,9-10H,7-8,14H2,1-4H3. The molecule has 0 saturated carbocycles. The van der Waals surface area contributed by atoms with Crippen LogP contribution in [-0.4, -0.2) is 23.9 Å². The molecule has 0 atom stereocenters. The third-order valence-electron chi connectivity index (χ3n) is 2.35. The largest absolute Gasteiger partial charge is 0.397 e. The molecule has 0 aliphatic rings. The first-order chi connectivity index (χ1) is 7.91. The van der Waals surface area contributed by atoms with Crippen molar-refractivity contribution in [2.45, 2.75) is 27.7 Å². The molecule has 0 aromatic carbocycles. The predicted octanol–water partition coefficient (Wildman–Crippen LogP) is 3.08. The lowest BCUT2D eigenvalue weighted by Crippen LogP contribution is -2.36. The first-order valence-electron chi connectivity index (χ1n) is 6.04. The fourth-order valence-corrected chi connectivity index (χ4v) is 2.54. The van der Waals surface area contributed by atoms with Gasteiger partial charge in [-0.15, -0.1) is 11.3 Å². The van der Waals surface area contributed by atoms with Gasteiger partial charge >= 0.3 is 0 Å². The minimum atomic E-state index is 0.0694. The maximum absolute atomic E-state index is 12.4. The van der Waals surface area contributed by atoms with Crippen LogP contribution >= 0.6 is 11.3 Å². The van der Waals surface area contributed by atoms with Crippen LogP contribution in [0.15, 0.2) is 11.4 Å². The fraction of sp³-hybridized carbons (Fsp3) is 0.615. The van der Waals surface area contributed by atoms with Crippen molar-refractivity contribution in [3.8, 4) is 0 Å². The van der Waals surface area contributed by atoms with Gasteiger partial charge in [-0.1, -0.05) is 27.7 Å². The quantitative estimate of drug-likeness (QED) is 0.877. The summed E-state index contributed by atoms with van der Waals surface area (Å²) in [6, 6.07) is 1.79. The molecule has 0 radical (unpaired) electrons. The number of thiophene rings is 1. The highest BCUT2D eigenvalue weighted by atomic mass is 32.1. The SMILES string of the molecule is CC(C)CN(CC(C)C)C(=O)c1sccc1N. The van der Waals surface area contributed by atoms with Gasteiger partial charge in [0.25, 0.3) is 5.91 Å². The number of amides is 1. The van der Waals surface area contributed by atoms with Crippen LogP contribution in [0.1, 0.15) is 37.4 Å². The van der Waals surface area contributed by atoms with Gasteiger partial charge in [-0.3, -0.25) is 4.79 Å². The summed E-state index contributed by atoms with van der Waals surface area (Å²) < 4.78 is 0. The van der Waals surface area contributed by atoms with Crippen LogP contribution < -0.4 is 5.73 Å². The molecule has 1 aromatic rings. The Hall–Kier alpha value is -1.03. The Kier molecular flexibility index (Phi) is 5.00. The van der Waals surface area contributed by atoms with Crippen LogP contribution in [0.5, 0.6) is 0 Å². The highest BCUT2D eigenvalue weighted by Gasteiger charge is 2.20. The van der Waals surface area contributed by atoms with E-state index < -0.39 is 0 Å². The second-order valence-electron chi connectivity index (χ2n) is 5.20. The second-order valence-corrected chi connectivity index (χ2v) is 6.12. The molecule has 0 bridgehead atoms. The Morgan fingerprint density at radius 3 is 2.18 bits per heavy atom. The summed E-state index contributed by atoms with van der Waals surface area (Å²) in [7, 11) is 0. The summed E-state index contributed by atoms with van der Waals surface area (Å²) in [6.45, 7) is 10.1. The van der Waals surface area contributed by atoms with Crippen LogP contribution in [-0.2, 0) is 0 Å². The van der Waals surface area contributed by atoms with Crippen LogP contribution in [0, 0.1) is 11.8 Å². The highest BCUT2D eigenvalue weighted by Crippen LogP contribution is 2.21. The van der Waals surface area contributed by atoms with Crippen molar-refractivity contribution in [1.29, 1.82) is 0 Å². The smallest absolute Gasteiger partial charge is 0.266 e. The summed E-state index contributed by atoms with van der Waals surface area (Å²) >= 11 is 1.42. The van der Waals surface area contributed by atoms with Crippen molar-refractivity contribution in [2.24, 2.45) is 11.8 Å². The van der Waals surface area contributed by atoms with Gasteiger partial charge in [0.2, 0.25) is 0 Å². The third kappa shape index (κ3) is 4.04. The molecule has 1 aromatic heterocycles. The summed E-state index contributed by atoms with van der Waals surface area (Å²) in [5, 5.41) is 1.87. The van der Waals surface area contributed by atoms with Crippen LogP contribution in [0.25, 0.3) is 0 Å². The molecule has 3 nitrogen and oxygen atoms in total. The first kappa shape index (κ1) is 14.0. The Balaban J connectivity index is 2.82. The number of hydrogen-bond donors (Lipinski definition) is 1. The molecule has 0 aliphatic heterocycles. The van der Waals surface area contributed by atoms with E-state index in [1.54, 1.807) is 6.07 Å². The average molecular weight is 254 g/mol. The van der Waals surface area contributed by atoms with Crippen molar-refractivity contribution < 1.29 is 4.79 Å². The van der Waals surface area contributed by atoms with Crippen molar-refractivity contribution in [1.82, 2.24) is 4.90 Å². The number of nitrogens with two attached hydrogens (primary N) is 1. The van der Waals surface area contributed by atoms with E-state index in [2.05, 4.69) is 27.7 Å². The molecule has 0 unspecified atom stereocenters. The van der Waals surface area contributed by atoms with Gasteiger partial charge in [0.05, 0.1) is 5.69 Å². The zero-order valence-electron chi connectivity index (χ0n) is 11.1. The number of anilines is 1.